The molecule has 0 atom stereocenters. The first kappa shape index (κ1) is 24.2. The normalized spacial score (nSPS) is 12.8. The standard InChI is InChI=1S/C27H40N4O/c1-8-16-30(17-9-2)18-20-14-15-21-25(24(20)27(6,7)19-26(3,4)5)29-31(28-21)22-12-10-11-13-23(22)32/h10-15,32H,8-9,16-19H2,1-7H3. The molecular weight excluding hydrogens is 396 g/mol. The number of hydrogen-bond acceptors (Lipinski definition) is 4. The Bertz CT molecular complexity index is 1040. The molecular formula is C27H40N4O. The van der Waals surface area contributed by atoms with E-state index in [9.17, 15) is 5.11 Å². The lowest BCUT2D eigenvalue weighted by Crippen LogP contribution is -2.30. The fourth-order valence-corrected chi connectivity index (χ4v) is 5.21. The van der Waals surface area contributed by atoms with E-state index in [0.717, 1.165) is 49.9 Å². The maximum atomic E-state index is 10.4. The SMILES string of the molecule is CCCN(CCC)Cc1ccc2nn(-c3ccccc3O)nc2c1C(C)(C)CC(C)(C)C. The molecule has 1 heterocycles. The van der Waals surface area contributed by atoms with Crippen molar-refractivity contribution < 1.29 is 5.11 Å². The Labute approximate surface area is 193 Å². The fourth-order valence-electron chi connectivity index (χ4n) is 5.21. The van der Waals surface area contributed by atoms with Gasteiger partial charge in [-0.2, -0.15) is 0 Å². The van der Waals surface area contributed by atoms with E-state index in [4.69, 9.17) is 10.2 Å². The van der Waals surface area contributed by atoms with Crippen molar-refractivity contribution in [1.29, 1.82) is 0 Å². The minimum absolute atomic E-state index is 0.0726. The molecule has 0 saturated heterocycles. The molecule has 0 aliphatic carbocycles. The van der Waals surface area contributed by atoms with Crippen LogP contribution >= 0.6 is 0 Å². The highest BCUT2D eigenvalue weighted by Gasteiger charge is 2.32. The largest absolute Gasteiger partial charge is 0.506 e. The number of phenolic OH excluding ortho intramolecular Hbond substituents is 1. The summed E-state index contributed by atoms with van der Waals surface area (Å²) >= 11 is 0. The van der Waals surface area contributed by atoms with Crippen LogP contribution in [0.25, 0.3) is 16.7 Å². The molecule has 2 aromatic carbocycles. The van der Waals surface area contributed by atoms with Crippen molar-refractivity contribution in [2.24, 2.45) is 5.41 Å². The van der Waals surface area contributed by atoms with Gasteiger partial charge in [-0.15, -0.1) is 15.0 Å². The molecule has 174 valence electrons. The molecule has 0 spiro atoms. The van der Waals surface area contributed by atoms with Crippen LogP contribution in [0.3, 0.4) is 0 Å². The van der Waals surface area contributed by atoms with Crippen molar-refractivity contribution in [1.82, 2.24) is 19.9 Å². The summed E-state index contributed by atoms with van der Waals surface area (Å²) in [5.41, 5.74) is 5.13. The van der Waals surface area contributed by atoms with E-state index in [1.807, 2.05) is 18.2 Å². The van der Waals surface area contributed by atoms with Gasteiger partial charge in [0.05, 0.1) is 0 Å². The van der Waals surface area contributed by atoms with E-state index in [1.165, 1.54) is 11.1 Å². The van der Waals surface area contributed by atoms with Gasteiger partial charge >= 0.3 is 0 Å². The highest BCUT2D eigenvalue weighted by atomic mass is 16.3. The first-order valence-electron chi connectivity index (χ1n) is 12.0. The third kappa shape index (κ3) is 5.50. The average molecular weight is 437 g/mol. The van der Waals surface area contributed by atoms with E-state index in [1.54, 1.807) is 10.9 Å². The maximum Gasteiger partial charge on any atom is 0.143 e. The first-order chi connectivity index (χ1) is 15.1. The molecule has 3 rings (SSSR count). The summed E-state index contributed by atoms with van der Waals surface area (Å²) in [4.78, 5) is 4.13. The minimum atomic E-state index is -0.0726. The molecule has 32 heavy (non-hydrogen) atoms. The zero-order chi connectivity index (χ0) is 23.5. The van der Waals surface area contributed by atoms with Gasteiger partial charge in [-0.25, -0.2) is 0 Å². The smallest absolute Gasteiger partial charge is 0.143 e. The molecule has 0 amide bonds. The number of fused-ring (bicyclic) bond motifs is 1. The van der Waals surface area contributed by atoms with E-state index in [2.05, 4.69) is 65.5 Å². The van der Waals surface area contributed by atoms with Gasteiger partial charge < -0.3 is 5.11 Å². The van der Waals surface area contributed by atoms with Gasteiger partial charge in [0, 0.05) is 6.54 Å². The predicted octanol–water partition coefficient (Wildman–Crippen LogP) is 6.46. The van der Waals surface area contributed by atoms with E-state index >= 15 is 0 Å². The van der Waals surface area contributed by atoms with Crippen LogP contribution in [0.5, 0.6) is 5.75 Å². The van der Waals surface area contributed by atoms with Crippen molar-refractivity contribution in [2.75, 3.05) is 13.1 Å². The average Bonchev–Trinajstić information content (AvgIpc) is 3.10. The third-order valence-corrected chi connectivity index (χ3v) is 5.86. The third-order valence-electron chi connectivity index (χ3n) is 5.86. The molecule has 5 nitrogen and oxygen atoms in total. The summed E-state index contributed by atoms with van der Waals surface area (Å²) in [6.45, 7) is 19.2. The Kier molecular flexibility index (Phi) is 7.29. The molecule has 3 aromatic rings. The lowest BCUT2D eigenvalue weighted by molar-refractivity contribution is 0.257. The number of phenols is 1. The van der Waals surface area contributed by atoms with Crippen LogP contribution in [0.15, 0.2) is 36.4 Å². The van der Waals surface area contributed by atoms with Crippen LogP contribution in [0.1, 0.15) is 78.9 Å². The summed E-state index contributed by atoms with van der Waals surface area (Å²) in [5, 5.41) is 20.0. The Morgan fingerprint density at radius 1 is 0.906 bits per heavy atom. The number of benzene rings is 2. The zero-order valence-corrected chi connectivity index (χ0v) is 20.9. The van der Waals surface area contributed by atoms with Crippen LogP contribution < -0.4 is 0 Å². The van der Waals surface area contributed by atoms with Gasteiger partial charge in [0.2, 0.25) is 0 Å². The Morgan fingerprint density at radius 3 is 2.16 bits per heavy atom. The lowest BCUT2D eigenvalue weighted by Gasteiger charge is -2.35. The number of hydrogen-bond donors (Lipinski definition) is 1. The Morgan fingerprint density at radius 2 is 1.56 bits per heavy atom. The fraction of sp³-hybridized carbons (Fsp3) is 0.556. The summed E-state index contributed by atoms with van der Waals surface area (Å²) in [5.74, 6) is 0.181. The van der Waals surface area contributed by atoms with Gasteiger partial charge in [0.25, 0.3) is 0 Å². The number of aromatic nitrogens is 3. The van der Waals surface area contributed by atoms with E-state index < -0.39 is 0 Å². The molecule has 1 aromatic heterocycles. The van der Waals surface area contributed by atoms with Gasteiger partial charge in [-0.1, -0.05) is 66.7 Å². The number of nitrogens with zero attached hydrogens (tertiary/aromatic N) is 4. The number of para-hydroxylation sites is 2. The van der Waals surface area contributed by atoms with Crippen molar-refractivity contribution in [2.45, 2.75) is 79.7 Å². The number of aromatic hydroxyl groups is 1. The van der Waals surface area contributed by atoms with Gasteiger partial charge in [-0.05, 0) is 72.5 Å². The van der Waals surface area contributed by atoms with Crippen LogP contribution in [0, 0.1) is 5.41 Å². The van der Waals surface area contributed by atoms with E-state index in [-0.39, 0.29) is 16.6 Å². The first-order valence-corrected chi connectivity index (χ1v) is 12.0. The molecule has 0 radical (unpaired) electrons. The zero-order valence-electron chi connectivity index (χ0n) is 20.9. The van der Waals surface area contributed by atoms with Crippen LogP contribution in [-0.4, -0.2) is 38.1 Å². The second kappa shape index (κ2) is 9.62. The van der Waals surface area contributed by atoms with Crippen LogP contribution in [0.4, 0.5) is 0 Å². The monoisotopic (exact) mass is 436 g/mol. The van der Waals surface area contributed by atoms with Crippen molar-refractivity contribution in [3.8, 4) is 11.4 Å². The molecule has 0 unspecified atom stereocenters. The summed E-state index contributed by atoms with van der Waals surface area (Å²) < 4.78 is 0. The molecule has 0 saturated carbocycles. The van der Waals surface area contributed by atoms with Crippen LogP contribution in [-0.2, 0) is 12.0 Å². The van der Waals surface area contributed by atoms with Crippen molar-refractivity contribution in [3.63, 3.8) is 0 Å². The second-order valence-electron chi connectivity index (χ2n) is 10.8. The lowest BCUT2D eigenvalue weighted by atomic mass is 9.70. The Hall–Kier alpha value is -2.40. The van der Waals surface area contributed by atoms with E-state index in [0.29, 0.717) is 5.69 Å². The van der Waals surface area contributed by atoms with Gasteiger partial charge in [0.1, 0.15) is 22.5 Å². The quantitative estimate of drug-likeness (QED) is 0.418. The molecule has 5 heteroatoms. The Balaban J connectivity index is 2.18. The molecule has 0 aliphatic heterocycles. The molecule has 0 fully saturated rings. The van der Waals surface area contributed by atoms with Crippen molar-refractivity contribution in [3.05, 3.63) is 47.5 Å². The number of rotatable bonds is 9. The molecule has 1 N–H and O–H groups in total. The minimum Gasteiger partial charge on any atom is -0.506 e. The maximum absolute atomic E-state index is 10.4. The van der Waals surface area contributed by atoms with Gasteiger partial charge in [-0.3, -0.25) is 4.90 Å². The molecule has 0 aliphatic rings. The van der Waals surface area contributed by atoms with Gasteiger partial charge in [0.15, 0.2) is 0 Å². The highest BCUT2D eigenvalue weighted by molar-refractivity contribution is 5.80. The van der Waals surface area contributed by atoms with Crippen LogP contribution in [0.2, 0.25) is 0 Å². The topological polar surface area (TPSA) is 54.2 Å². The highest BCUT2D eigenvalue weighted by Crippen LogP contribution is 2.41. The summed E-state index contributed by atoms with van der Waals surface area (Å²) in [7, 11) is 0. The summed E-state index contributed by atoms with van der Waals surface area (Å²) in [6, 6.07) is 11.6. The molecule has 0 bridgehead atoms. The summed E-state index contributed by atoms with van der Waals surface area (Å²) in [6.07, 6.45) is 3.33. The predicted molar refractivity (Wildman–Crippen MR) is 133 cm³/mol. The second-order valence-corrected chi connectivity index (χ2v) is 10.8. The van der Waals surface area contributed by atoms with Crippen molar-refractivity contribution >= 4 is 11.0 Å².